The van der Waals surface area contributed by atoms with Gasteiger partial charge in [0.2, 0.25) is 0 Å². The molecule has 88 valence electrons. The number of rotatable bonds is 3. The van der Waals surface area contributed by atoms with Gasteiger partial charge in [-0.2, -0.15) is 5.10 Å². The van der Waals surface area contributed by atoms with E-state index in [1.54, 1.807) is 0 Å². The summed E-state index contributed by atoms with van der Waals surface area (Å²) in [5, 5.41) is 8.52. The lowest BCUT2D eigenvalue weighted by atomic mass is 9.97. The number of ether oxygens (including phenoxy) is 2. The molecule has 0 saturated carbocycles. The van der Waals surface area contributed by atoms with Crippen LogP contribution >= 0.6 is 11.6 Å². The molecule has 1 aromatic heterocycles. The minimum Gasteiger partial charge on any atom is -0.479 e. The van der Waals surface area contributed by atoms with Crippen LogP contribution in [0.2, 0.25) is 5.02 Å². The van der Waals surface area contributed by atoms with Crippen LogP contribution in [0.15, 0.2) is 6.07 Å². The summed E-state index contributed by atoms with van der Waals surface area (Å²) < 4.78 is 10.4. The van der Waals surface area contributed by atoms with Crippen LogP contribution in [0.4, 0.5) is 0 Å². The van der Waals surface area contributed by atoms with Gasteiger partial charge in [-0.05, 0) is 31.2 Å². The number of methoxy groups -OCH3 is 1. The van der Waals surface area contributed by atoms with Crippen molar-refractivity contribution < 1.29 is 9.47 Å². The van der Waals surface area contributed by atoms with Crippen LogP contribution in [0, 0.1) is 5.92 Å². The minimum atomic E-state index is 0.380. The van der Waals surface area contributed by atoms with Crippen LogP contribution in [-0.2, 0) is 11.2 Å². The zero-order valence-electron chi connectivity index (χ0n) is 9.28. The standard InChI is InChI=1S/C11H15ClN2O2/c1-15-11-10(12)6-9(13-14-11)5-8-3-2-4-16-7-8/h6,8H,2-5,7H2,1H3. The zero-order chi connectivity index (χ0) is 11.4. The van der Waals surface area contributed by atoms with E-state index in [1.807, 2.05) is 6.07 Å². The molecule has 0 spiro atoms. The highest BCUT2D eigenvalue weighted by Gasteiger charge is 2.16. The van der Waals surface area contributed by atoms with E-state index in [0.29, 0.717) is 16.8 Å². The molecule has 0 bridgehead atoms. The molecule has 0 radical (unpaired) electrons. The maximum absolute atomic E-state index is 5.99. The van der Waals surface area contributed by atoms with E-state index < -0.39 is 0 Å². The highest BCUT2D eigenvalue weighted by molar-refractivity contribution is 6.31. The summed E-state index contributed by atoms with van der Waals surface area (Å²) in [4.78, 5) is 0. The van der Waals surface area contributed by atoms with E-state index in [1.165, 1.54) is 13.5 Å². The maximum Gasteiger partial charge on any atom is 0.252 e. The highest BCUT2D eigenvalue weighted by Crippen LogP contribution is 2.23. The highest BCUT2D eigenvalue weighted by atomic mass is 35.5. The van der Waals surface area contributed by atoms with Crippen LogP contribution in [0.25, 0.3) is 0 Å². The van der Waals surface area contributed by atoms with Crippen molar-refractivity contribution in [1.29, 1.82) is 0 Å². The first-order valence-corrected chi connectivity index (χ1v) is 5.81. The average Bonchev–Trinajstić information content (AvgIpc) is 2.31. The monoisotopic (exact) mass is 242 g/mol. The van der Waals surface area contributed by atoms with Crippen LogP contribution < -0.4 is 4.74 Å². The Labute approximate surface area is 99.9 Å². The van der Waals surface area contributed by atoms with E-state index in [4.69, 9.17) is 21.1 Å². The second-order valence-corrected chi connectivity index (χ2v) is 4.39. The van der Waals surface area contributed by atoms with Gasteiger partial charge in [0.25, 0.3) is 5.88 Å². The second kappa shape index (κ2) is 5.46. The van der Waals surface area contributed by atoms with Crippen molar-refractivity contribution in [2.24, 2.45) is 5.92 Å². The molecule has 2 rings (SSSR count). The summed E-state index contributed by atoms with van der Waals surface area (Å²) in [6.07, 6.45) is 3.18. The second-order valence-electron chi connectivity index (χ2n) is 3.98. The molecule has 1 aliphatic heterocycles. The van der Waals surface area contributed by atoms with Crippen molar-refractivity contribution in [2.45, 2.75) is 19.3 Å². The molecule has 1 saturated heterocycles. The number of aromatic nitrogens is 2. The van der Waals surface area contributed by atoms with Gasteiger partial charge >= 0.3 is 0 Å². The van der Waals surface area contributed by atoms with Crippen molar-refractivity contribution in [3.8, 4) is 5.88 Å². The first-order valence-electron chi connectivity index (χ1n) is 5.43. The molecule has 2 heterocycles. The Morgan fingerprint density at radius 3 is 3.06 bits per heavy atom. The fourth-order valence-corrected chi connectivity index (χ4v) is 2.14. The Balaban J connectivity index is 2.01. The van der Waals surface area contributed by atoms with Crippen LogP contribution in [0.5, 0.6) is 5.88 Å². The first kappa shape index (κ1) is 11.6. The van der Waals surface area contributed by atoms with Gasteiger partial charge in [-0.25, -0.2) is 0 Å². The van der Waals surface area contributed by atoms with Crippen molar-refractivity contribution in [3.63, 3.8) is 0 Å². The van der Waals surface area contributed by atoms with E-state index >= 15 is 0 Å². The lowest BCUT2D eigenvalue weighted by Gasteiger charge is -2.21. The van der Waals surface area contributed by atoms with Crippen molar-refractivity contribution in [3.05, 3.63) is 16.8 Å². The third-order valence-electron chi connectivity index (χ3n) is 2.71. The van der Waals surface area contributed by atoms with E-state index in [2.05, 4.69) is 10.2 Å². The molecule has 1 atom stereocenters. The lowest BCUT2D eigenvalue weighted by molar-refractivity contribution is 0.0546. The first-order chi connectivity index (χ1) is 7.79. The third kappa shape index (κ3) is 2.83. The quantitative estimate of drug-likeness (QED) is 0.814. The Morgan fingerprint density at radius 2 is 2.44 bits per heavy atom. The molecular formula is C11H15ClN2O2. The van der Waals surface area contributed by atoms with Gasteiger partial charge in [0.1, 0.15) is 5.02 Å². The summed E-state index contributed by atoms with van der Waals surface area (Å²) >= 11 is 5.99. The van der Waals surface area contributed by atoms with Gasteiger partial charge in [0.05, 0.1) is 12.8 Å². The van der Waals surface area contributed by atoms with Gasteiger partial charge in [-0.3, -0.25) is 0 Å². The molecule has 5 heteroatoms. The van der Waals surface area contributed by atoms with E-state index in [-0.39, 0.29) is 0 Å². The predicted octanol–water partition coefficient (Wildman–Crippen LogP) is 2.11. The fraction of sp³-hybridized carbons (Fsp3) is 0.636. The van der Waals surface area contributed by atoms with E-state index in [9.17, 15) is 0 Å². The largest absolute Gasteiger partial charge is 0.479 e. The van der Waals surface area contributed by atoms with Crippen LogP contribution in [-0.4, -0.2) is 30.5 Å². The van der Waals surface area contributed by atoms with Gasteiger partial charge in [-0.15, -0.1) is 5.10 Å². The molecule has 0 aromatic carbocycles. The molecular weight excluding hydrogens is 228 g/mol. The molecule has 0 N–H and O–H groups in total. The Kier molecular flexibility index (Phi) is 3.96. The molecule has 1 unspecified atom stereocenters. The zero-order valence-corrected chi connectivity index (χ0v) is 10.0. The van der Waals surface area contributed by atoms with Gasteiger partial charge in [0.15, 0.2) is 0 Å². The number of halogens is 1. The maximum atomic E-state index is 5.99. The molecule has 16 heavy (non-hydrogen) atoms. The lowest BCUT2D eigenvalue weighted by Crippen LogP contribution is -2.19. The number of hydrogen-bond donors (Lipinski definition) is 0. The molecule has 0 amide bonds. The fourth-order valence-electron chi connectivity index (χ4n) is 1.90. The smallest absolute Gasteiger partial charge is 0.252 e. The number of hydrogen-bond acceptors (Lipinski definition) is 4. The van der Waals surface area contributed by atoms with Crippen LogP contribution in [0.3, 0.4) is 0 Å². The molecule has 1 fully saturated rings. The van der Waals surface area contributed by atoms with Gasteiger partial charge in [0, 0.05) is 13.2 Å². The minimum absolute atomic E-state index is 0.380. The summed E-state index contributed by atoms with van der Waals surface area (Å²) in [6, 6.07) is 1.82. The van der Waals surface area contributed by atoms with E-state index in [0.717, 1.165) is 31.7 Å². The van der Waals surface area contributed by atoms with Crippen molar-refractivity contribution in [1.82, 2.24) is 10.2 Å². The summed E-state index contributed by atoms with van der Waals surface area (Å²) in [6.45, 7) is 1.69. The summed E-state index contributed by atoms with van der Waals surface area (Å²) in [5.41, 5.74) is 0.904. The Hall–Kier alpha value is -0.870. The molecule has 1 aromatic rings. The van der Waals surface area contributed by atoms with Gasteiger partial charge < -0.3 is 9.47 Å². The molecule has 1 aliphatic rings. The summed E-state index contributed by atoms with van der Waals surface area (Å²) in [5.74, 6) is 0.915. The number of nitrogens with zero attached hydrogens (tertiary/aromatic N) is 2. The van der Waals surface area contributed by atoms with Crippen LogP contribution in [0.1, 0.15) is 18.5 Å². The molecule has 4 nitrogen and oxygen atoms in total. The topological polar surface area (TPSA) is 44.2 Å². The van der Waals surface area contributed by atoms with Crippen molar-refractivity contribution >= 4 is 11.6 Å². The molecule has 0 aliphatic carbocycles. The normalized spacial score (nSPS) is 20.8. The predicted molar refractivity (Wildman–Crippen MR) is 60.8 cm³/mol. The Morgan fingerprint density at radius 1 is 1.56 bits per heavy atom. The Bertz CT molecular complexity index is 354. The SMILES string of the molecule is COc1nnc(CC2CCCOC2)cc1Cl. The van der Waals surface area contributed by atoms with Gasteiger partial charge in [-0.1, -0.05) is 11.6 Å². The third-order valence-corrected chi connectivity index (χ3v) is 2.98. The average molecular weight is 243 g/mol. The summed E-state index contributed by atoms with van der Waals surface area (Å²) in [7, 11) is 1.53. The van der Waals surface area contributed by atoms with Crippen molar-refractivity contribution in [2.75, 3.05) is 20.3 Å².